The lowest BCUT2D eigenvalue weighted by Crippen LogP contribution is -2.51. The number of nitrogens with zero attached hydrogens (tertiary/aromatic N) is 7. The largest absolute Gasteiger partial charge is 0.392 e. The first-order valence-corrected chi connectivity index (χ1v) is 14.7. The monoisotopic (exact) mass is 608 g/mol. The Kier molecular flexibility index (Phi) is 6.41. The Labute approximate surface area is 255 Å². The highest BCUT2D eigenvalue weighted by Gasteiger charge is 2.29. The van der Waals surface area contributed by atoms with Crippen LogP contribution in [0.15, 0.2) is 76.8 Å². The summed E-state index contributed by atoms with van der Waals surface area (Å²) in [6, 6.07) is 12.7. The number of pyridine rings is 2. The van der Waals surface area contributed by atoms with Crippen LogP contribution < -0.4 is 16.4 Å². The molecule has 13 heteroatoms. The molecule has 2 N–H and O–H groups in total. The van der Waals surface area contributed by atoms with Gasteiger partial charge >= 0.3 is 0 Å². The maximum atomic E-state index is 15.4. The highest BCUT2D eigenvalue weighted by atomic mass is 19.1. The first-order valence-electron chi connectivity index (χ1n) is 14.7. The number of hydrogen-bond donors (Lipinski definition) is 2. The van der Waals surface area contributed by atoms with Crippen molar-refractivity contribution in [1.29, 1.82) is 0 Å². The van der Waals surface area contributed by atoms with Crippen molar-refractivity contribution in [2.24, 2.45) is 7.05 Å². The van der Waals surface area contributed by atoms with Crippen LogP contribution in [0.25, 0.3) is 33.4 Å². The van der Waals surface area contributed by atoms with Crippen LogP contribution >= 0.6 is 0 Å². The number of benzene rings is 1. The average Bonchev–Trinajstić information content (AvgIpc) is 3.56. The molecule has 2 aliphatic rings. The van der Waals surface area contributed by atoms with E-state index < -0.39 is 18.0 Å². The molecule has 0 spiro atoms. The molecular weight excluding hydrogens is 579 g/mol. The molecule has 1 aromatic carbocycles. The minimum atomic E-state index is -0.619. The van der Waals surface area contributed by atoms with Crippen LogP contribution in [0.2, 0.25) is 0 Å². The maximum absolute atomic E-state index is 15.4. The fraction of sp³-hybridized carbons (Fsp3) is 0.250. The summed E-state index contributed by atoms with van der Waals surface area (Å²) in [5.41, 5.74) is 2.48. The first-order chi connectivity index (χ1) is 21.9. The van der Waals surface area contributed by atoms with Gasteiger partial charge in [-0.2, -0.15) is 5.10 Å². The second-order valence-corrected chi connectivity index (χ2v) is 11.4. The van der Waals surface area contributed by atoms with Crippen molar-refractivity contribution < 1.29 is 14.2 Å². The SMILES string of the molecule is Cn1cc(-c2ccnc(-n3ccn4c(c(F)c5ccccc54)c3=O)c2CO)cc(Nc2cc3n(n2)CCN(C2COC2)C3)c1=O. The van der Waals surface area contributed by atoms with Crippen molar-refractivity contribution in [1.82, 2.24) is 33.2 Å². The number of aliphatic hydroxyl groups is 1. The third-order valence-electron chi connectivity index (χ3n) is 8.78. The summed E-state index contributed by atoms with van der Waals surface area (Å²) in [6.07, 6.45) is 6.30. The van der Waals surface area contributed by atoms with Gasteiger partial charge in [-0.25, -0.2) is 9.37 Å². The van der Waals surface area contributed by atoms with Gasteiger partial charge in [0.05, 0.1) is 43.6 Å². The van der Waals surface area contributed by atoms with Crippen molar-refractivity contribution in [2.45, 2.75) is 25.7 Å². The predicted octanol–water partition coefficient (Wildman–Crippen LogP) is 2.79. The summed E-state index contributed by atoms with van der Waals surface area (Å²) in [7, 11) is 1.65. The van der Waals surface area contributed by atoms with Gasteiger partial charge in [0.25, 0.3) is 11.1 Å². The minimum Gasteiger partial charge on any atom is -0.392 e. The van der Waals surface area contributed by atoms with Gasteiger partial charge in [-0.3, -0.25) is 23.7 Å². The number of anilines is 2. The Hall–Kier alpha value is -5.11. The van der Waals surface area contributed by atoms with Crippen LogP contribution in [0, 0.1) is 5.82 Å². The molecule has 1 saturated heterocycles. The molecule has 6 aromatic rings. The van der Waals surface area contributed by atoms with Crippen molar-refractivity contribution >= 4 is 27.9 Å². The highest BCUT2D eigenvalue weighted by Crippen LogP contribution is 2.30. The van der Waals surface area contributed by atoms with Crippen LogP contribution in [-0.4, -0.2) is 64.1 Å². The lowest BCUT2D eigenvalue weighted by Gasteiger charge is -2.39. The standard InChI is InChI=1S/C32H29FN8O4/c1-37-14-19(12-25(31(37)43)35-27-13-20-15-38(21-17-45-18-21)8-11-41(20)36-27)22-6-7-34-30(24(22)16-42)40-10-9-39-26-5-3-2-4-23(26)28(33)29(39)32(40)44/h2-7,9-10,12-14,21,42H,8,11,15-18H2,1H3,(H,35,36). The minimum absolute atomic E-state index is 0.115. The van der Waals surface area contributed by atoms with E-state index >= 15 is 4.39 Å². The first kappa shape index (κ1) is 27.4. The average molecular weight is 609 g/mol. The Balaban J connectivity index is 1.18. The number of rotatable bonds is 6. The second-order valence-electron chi connectivity index (χ2n) is 11.4. The topological polar surface area (TPSA) is 124 Å². The van der Waals surface area contributed by atoms with Gasteiger partial charge in [-0.15, -0.1) is 0 Å². The van der Waals surface area contributed by atoms with Crippen LogP contribution in [-0.2, 0) is 31.5 Å². The molecule has 0 unspecified atom stereocenters. The molecule has 12 nitrogen and oxygen atoms in total. The molecule has 7 heterocycles. The number of nitrogens with one attached hydrogen (secondary N) is 1. The number of fused-ring (bicyclic) bond motifs is 4. The second kappa shape index (κ2) is 10.5. The summed E-state index contributed by atoms with van der Waals surface area (Å²) in [5, 5.41) is 18.8. The van der Waals surface area contributed by atoms with E-state index in [1.54, 1.807) is 55.8 Å². The van der Waals surface area contributed by atoms with Gasteiger partial charge < -0.3 is 24.1 Å². The summed E-state index contributed by atoms with van der Waals surface area (Å²) in [5.74, 6) is 0.107. The number of aryl methyl sites for hydroxylation is 1. The third-order valence-corrected chi connectivity index (χ3v) is 8.78. The van der Waals surface area contributed by atoms with E-state index in [4.69, 9.17) is 4.74 Å². The molecule has 2 aliphatic heterocycles. The van der Waals surface area contributed by atoms with Crippen molar-refractivity contribution in [3.8, 4) is 16.9 Å². The van der Waals surface area contributed by atoms with Crippen molar-refractivity contribution in [3.63, 3.8) is 0 Å². The number of halogens is 1. The van der Waals surface area contributed by atoms with E-state index in [-0.39, 0.29) is 16.9 Å². The van der Waals surface area contributed by atoms with Crippen LogP contribution in [0.4, 0.5) is 15.9 Å². The van der Waals surface area contributed by atoms with E-state index in [1.165, 1.54) is 25.9 Å². The predicted molar refractivity (Wildman–Crippen MR) is 165 cm³/mol. The fourth-order valence-electron chi connectivity index (χ4n) is 6.35. The smallest absolute Gasteiger partial charge is 0.283 e. The summed E-state index contributed by atoms with van der Waals surface area (Å²) in [4.78, 5) is 33.7. The van der Waals surface area contributed by atoms with Gasteiger partial charge in [0.2, 0.25) is 0 Å². The van der Waals surface area contributed by atoms with Gasteiger partial charge in [0.15, 0.2) is 11.6 Å². The number of ether oxygens (including phenoxy) is 1. The van der Waals surface area contributed by atoms with E-state index in [0.29, 0.717) is 45.1 Å². The fourth-order valence-corrected chi connectivity index (χ4v) is 6.35. The molecular formula is C32H29FN8O4. The number of para-hydroxylation sites is 1. The van der Waals surface area contributed by atoms with Gasteiger partial charge in [0.1, 0.15) is 17.0 Å². The van der Waals surface area contributed by atoms with Crippen LogP contribution in [0.3, 0.4) is 0 Å². The quantitative estimate of drug-likeness (QED) is 0.296. The third kappa shape index (κ3) is 4.38. The van der Waals surface area contributed by atoms with Crippen LogP contribution in [0.5, 0.6) is 0 Å². The van der Waals surface area contributed by atoms with Crippen molar-refractivity contribution in [3.05, 3.63) is 105 Å². The summed E-state index contributed by atoms with van der Waals surface area (Å²) in [6.45, 7) is 3.44. The summed E-state index contributed by atoms with van der Waals surface area (Å²) < 4.78 is 26.9. The zero-order valence-electron chi connectivity index (χ0n) is 24.4. The molecule has 0 saturated carbocycles. The molecule has 0 radical (unpaired) electrons. The maximum Gasteiger partial charge on any atom is 0.283 e. The Morgan fingerprint density at radius 3 is 2.73 bits per heavy atom. The zero-order chi connectivity index (χ0) is 30.8. The molecule has 0 atom stereocenters. The number of aromatic nitrogens is 6. The Bertz CT molecular complexity index is 2250. The van der Waals surface area contributed by atoms with E-state index in [1.807, 2.05) is 10.7 Å². The molecule has 45 heavy (non-hydrogen) atoms. The molecule has 0 aliphatic carbocycles. The van der Waals surface area contributed by atoms with E-state index in [0.717, 1.165) is 38.5 Å². The normalized spacial score (nSPS) is 15.4. The molecule has 1 fully saturated rings. The molecule has 0 amide bonds. The van der Waals surface area contributed by atoms with Crippen LogP contribution in [0.1, 0.15) is 11.3 Å². The van der Waals surface area contributed by atoms with Crippen molar-refractivity contribution in [2.75, 3.05) is 25.1 Å². The Morgan fingerprint density at radius 2 is 1.93 bits per heavy atom. The molecule has 228 valence electrons. The van der Waals surface area contributed by atoms with E-state index in [9.17, 15) is 14.7 Å². The highest BCUT2D eigenvalue weighted by molar-refractivity contribution is 5.88. The molecule has 5 aromatic heterocycles. The number of aliphatic hydroxyl groups excluding tert-OH is 1. The molecule has 0 bridgehead atoms. The van der Waals surface area contributed by atoms with Gasteiger partial charge in [-0.05, 0) is 29.8 Å². The summed E-state index contributed by atoms with van der Waals surface area (Å²) >= 11 is 0. The lowest BCUT2D eigenvalue weighted by molar-refractivity contribution is -0.0735. The van der Waals surface area contributed by atoms with Gasteiger partial charge in [-0.1, -0.05) is 12.1 Å². The van der Waals surface area contributed by atoms with E-state index in [2.05, 4.69) is 20.3 Å². The number of hydrogen-bond acceptors (Lipinski definition) is 8. The Morgan fingerprint density at radius 1 is 1.09 bits per heavy atom. The zero-order valence-corrected chi connectivity index (χ0v) is 24.4. The van der Waals surface area contributed by atoms with Gasteiger partial charge in [0, 0.05) is 67.5 Å². The molecule has 8 rings (SSSR count). The lowest BCUT2D eigenvalue weighted by atomic mass is 10.0.